The van der Waals surface area contributed by atoms with Crippen molar-refractivity contribution in [3.8, 4) is 0 Å². The Labute approximate surface area is 102 Å². The van der Waals surface area contributed by atoms with E-state index in [-0.39, 0.29) is 6.04 Å². The third-order valence-electron chi connectivity index (χ3n) is 2.15. The van der Waals surface area contributed by atoms with Gasteiger partial charge in [0.1, 0.15) is 23.0 Å². The van der Waals surface area contributed by atoms with Crippen LogP contribution >= 0.6 is 11.6 Å². The Kier molecular flexibility index (Phi) is 4.81. The minimum absolute atomic E-state index is 0.315. The molecule has 1 rings (SSSR count). The molecule has 0 aliphatic heterocycles. The normalized spacial score (nSPS) is 12.3. The fourth-order valence-corrected chi connectivity index (χ4v) is 1.62. The Balaban J connectivity index is 2.89. The largest absolute Gasteiger partial charge is 0.349 e. The summed E-state index contributed by atoms with van der Waals surface area (Å²) < 4.78 is 39.1. The van der Waals surface area contributed by atoms with E-state index < -0.39 is 28.9 Å². The zero-order valence-corrected chi connectivity index (χ0v) is 9.82. The van der Waals surface area contributed by atoms with Crippen LogP contribution in [0.2, 0.25) is 0 Å². The van der Waals surface area contributed by atoms with E-state index >= 15 is 0 Å². The second-order valence-corrected chi connectivity index (χ2v) is 3.97. The van der Waals surface area contributed by atoms with Crippen molar-refractivity contribution in [1.82, 2.24) is 5.32 Å². The van der Waals surface area contributed by atoms with Gasteiger partial charge in [0.2, 0.25) is 0 Å². The monoisotopic (exact) mass is 265 g/mol. The number of alkyl halides is 1. The highest BCUT2D eigenvalue weighted by atomic mass is 35.5. The lowest BCUT2D eigenvalue weighted by atomic mass is 10.1. The average molecular weight is 266 g/mol. The number of carbonyl (C=O) groups is 1. The smallest absolute Gasteiger partial charge is 0.257 e. The van der Waals surface area contributed by atoms with Gasteiger partial charge in [-0.15, -0.1) is 11.6 Å². The predicted octanol–water partition coefficient (Wildman–Crippen LogP) is 2.85. The van der Waals surface area contributed by atoms with Crippen LogP contribution in [0.1, 0.15) is 23.7 Å². The van der Waals surface area contributed by atoms with Crippen LogP contribution in [0.15, 0.2) is 12.1 Å². The van der Waals surface area contributed by atoms with E-state index in [1.807, 2.05) is 0 Å². The second kappa shape index (κ2) is 5.91. The number of hydrogen-bond acceptors (Lipinski definition) is 1. The molecule has 0 spiro atoms. The van der Waals surface area contributed by atoms with Gasteiger partial charge in [0.05, 0.1) is 0 Å². The molecule has 1 aromatic rings. The van der Waals surface area contributed by atoms with E-state index in [2.05, 4.69) is 5.32 Å². The van der Waals surface area contributed by atoms with Gasteiger partial charge in [-0.05, 0) is 13.3 Å². The van der Waals surface area contributed by atoms with E-state index in [0.717, 1.165) is 0 Å². The first-order chi connectivity index (χ1) is 7.95. The van der Waals surface area contributed by atoms with Crippen molar-refractivity contribution in [2.75, 3.05) is 5.88 Å². The molecule has 0 bridgehead atoms. The SMILES string of the molecule is CC(CCCl)NC(=O)c1c(F)cc(F)cc1F. The molecule has 0 radical (unpaired) electrons. The lowest BCUT2D eigenvalue weighted by molar-refractivity contribution is 0.0931. The Morgan fingerprint density at radius 2 is 1.88 bits per heavy atom. The molecule has 1 N–H and O–H groups in total. The van der Waals surface area contributed by atoms with Gasteiger partial charge in [-0.1, -0.05) is 0 Å². The molecule has 17 heavy (non-hydrogen) atoms. The fourth-order valence-electron chi connectivity index (χ4n) is 1.29. The van der Waals surface area contributed by atoms with Crippen molar-refractivity contribution in [3.63, 3.8) is 0 Å². The minimum Gasteiger partial charge on any atom is -0.349 e. The zero-order valence-electron chi connectivity index (χ0n) is 9.07. The standard InChI is InChI=1S/C11H11ClF3NO/c1-6(2-3-12)16-11(17)10-8(14)4-7(13)5-9(10)15/h4-6H,2-3H2,1H3,(H,16,17). The summed E-state index contributed by atoms with van der Waals surface area (Å²) in [5.41, 5.74) is -0.784. The molecular formula is C11H11ClF3NO. The zero-order chi connectivity index (χ0) is 13.0. The highest BCUT2D eigenvalue weighted by Crippen LogP contribution is 2.14. The molecule has 0 aliphatic carbocycles. The van der Waals surface area contributed by atoms with Crippen molar-refractivity contribution in [2.45, 2.75) is 19.4 Å². The number of halogens is 4. The summed E-state index contributed by atoms with van der Waals surface area (Å²) in [7, 11) is 0. The van der Waals surface area contributed by atoms with Gasteiger partial charge in [0.15, 0.2) is 0 Å². The molecule has 1 atom stereocenters. The van der Waals surface area contributed by atoms with Crippen LogP contribution in [-0.2, 0) is 0 Å². The fraction of sp³-hybridized carbons (Fsp3) is 0.364. The van der Waals surface area contributed by atoms with Crippen LogP contribution in [0.5, 0.6) is 0 Å². The van der Waals surface area contributed by atoms with Crippen LogP contribution in [0.3, 0.4) is 0 Å². The molecule has 0 aliphatic rings. The first kappa shape index (κ1) is 13.8. The maximum Gasteiger partial charge on any atom is 0.257 e. The Bertz CT molecular complexity index is 402. The Hall–Kier alpha value is -1.23. The molecule has 94 valence electrons. The number of carbonyl (C=O) groups excluding carboxylic acids is 1. The van der Waals surface area contributed by atoms with Crippen LogP contribution < -0.4 is 5.32 Å². The van der Waals surface area contributed by atoms with Crippen LogP contribution in [0, 0.1) is 17.5 Å². The van der Waals surface area contributed by atoms with E-state index in [1.165, 1.54) is 0 Å². The quantitative estimate of drug-likeness (QED) is 0.834. The number of nitrogens with one attached hydrogen (secondary N) is 1. The first-order valence-corrected chi connectivity index (χ1v) is 5.50. The summed E-state index contributed by atoms with van der Waals surface area (Å²) in [6, 6.07) is 0.609. The predicted molar refractivity (Wildman–Crippen MR) is 58.6 cm³/mol. The van der Waals surface area contributed by atoms with Gasteiger partial charge in [0.25, 0.3) is 5.91 Å². The van der Waals surface area contributed by atoms with E-state index in [1.54, 1.807) is 6.92 Å². The highest BCUT2D eigenvalue weighted by molar-refractivity contribution is 6.17. The topological polar surface area (TPSA) is 29.1 Å². The average Bonchev–Trinajstić information content (AvgIpc) is 2.15. The van der Waals surface area contributed by atoms with Gasteiger partial charge >= 0.3 is 0 Å². The molecule has 0 aromatic heterocycles. The van der Waals surface area contributed by atoms with Crippen LogP contribution in [0.25, 0.3) is 0 Å². The molecule has 1 amide bonds. The Morgan fingerprint density at radius 1 is 1.35 bits per heavy atom. The van der Waals surface area contributed by atoms with Gasteiger partial charge < -0.3 is 5.32 Å². The van der Waals surface area contributed by atoms with Crippen molar-refractivity contribution < 1.29 is 18.0 Å². The van der Waals surface area contributed by atoms with Crippen molar-refractivity contribution in [2.24, 2.45) is 0 Å². The summed E-state index contributed by atoms with van der Waals surface area (Å²) in [5, 5.41) is 2.37. The van der Waals surface area contributed by atoms with E-state index in [9.17, 15) is 18.0 Å². The van der Waals surface area contributed by atoms with Gasteiger partial charge in [0, 0.05) is 24.1 Å². The third kappa shape index (κ3) is 3.63. The van der Waals surface area contributed by atoms with Gasteiger partial charge in [-0.3, -0.25) is 4.79 Å². The van der Waals surface area contributed by atoms with Crippen molar-refractivity contribution in [1.29, 1.82) is 0 Å². The number of rotatable bonds is 4. The molecular weight excluding hydrogens is 255 g/mol. The molecule has 0 fully saturated rings. The molecule has 1 unspecified atom stereocenters. The van der Waals surface area contributed by atoms with Crippen LogP contribution in [-0.4, -0.2) is 17.8 Å². The summed E-state index contributed by atoms with van der Waals surface area (Å²) in [6.07, 6.45) is 0.470. The van der Waals surface area contributed by atoms with Crippen LogP contribution in [0.4, 0.5) is 13.2 Å². The summed E-state index contributed by atoms with van der Waals surface area (Å²) in [6.45, 7) is 1.65. The number of hydrogen-bond donors (Lipinski definition) is 1. The summed E-state index contributed by atoms with van der Waals surface area (Å²) in [4.78, 5) is 11.5. The summed E-state index contributed by atoms with van der Waals surface area (Å²) in [5.74, 6) is -4.12. The Morgan fingerprint density at radius 3 is 2.35 bits per heavy atom. The number of amides is 1. The number of benzene rings is 1. The molecule has 2 nitrogen and oxygen atoms in total. The maximum absolute atomic E-state index is 13.2. The van der Waals surface area contributed by atoms with Crippen molar-refractivity contribution in [3.05, 3.63) is 35.1 Å². The molecule has 1 aromatic carbocycles. The molecule has 0 heterocycles. The minimum atomic E-state index is -1.22. The lowest BCUT2D eigenvalue weighted by Crippen LogP contribution is -2.34. The maximum atomic E-state index is 13.2. The van der Waals surface area contributed by atoms with E-state index in [4.69, 9.17) is 11.6 Å². The first-order valence-electron chi connectivity index (χ1n) is 4.97. The van der Waals surface area contributed by atoms with E-state index in [0.29, 0.717) is 24.4 Å². The molecule has 6 heteroatoms. The summed E-state index contributed by atoms with van der Waals surface area (Å²) >= 11 is 5.46. The lowest BCUT2D eigenvalue weighted by Gasteiger charge is -2.13. The molecule has 0 saturated heterocycles. The van der Waals surface area contributed by atoms with Crippen molar-refractivity contribution >= 4 is 17.5 Å². The van der Waals surface area contributed by atoms with Gasteiger partial charge in [-0.25, -0.2) is 13.2 Å². The molecule has 0 saturated carbocycles. The highest BCUT2D eigenvalue weighted by Gasteiger charge is 2.20. The third-order valence-corrected chi connectivity index (χ3v) is 2.37. The van der Waals surface area contributed by atoms with Gasteiger partial charge in [-0.2, -0.15) is 0 Å². The second-order valence-electron chi connectivity index (χ2n) is 3.60.